The van der Waals surface area contributed by atoms with E-state index in [1.165, 1.54) is 0 Å². The van der Waals surface area contributed by atoms with Gasteiger partial charge < -0.3 is 10.7 Å². The van der Waals surface area contributed by atoms with Crippen molar-refractivity contribution in [3.05, 3.63) is 53.4 Å². The van der Waals surface area contributed by atoms with Crippen molar-refractivity contribution in [2.24, 2.45) is 0 Å². The molecule has 2 heterocycles. The number of anilines is 1. The highest BCUT2D eigenvalue weighted by atomic mass is 35.5. The summed E-state index contributed by atoms with van der Waals surface area (Å²) in [6.07, 6.45) is 5.67. The van der Waals surface area contributed by atoms with Gasteiger partial charge in [-0.05, 0) is 30.7 Å². The summed E-state index contributed by atoms with van der Waals surface area (Å²) in [5.74, 6) is 0.822. The minimum atomic E-state index is 0.544. The third-order valence-corrected chi connectivity index (χ3v) is 3.81. The number of aryl methyl sites for hydroxylation is 1. The van der Waals surface area contributed by atoms with E-state index in [0.29, 0.717) is 10.7 Å². The van der Waals surface area contributed by atoms with E-state index < -0.39 is 0 Å². The van der Waals surface area contributed by atoms with Gasteiger partial charge in [0.05, 0.1) is 22.6 Å². The Kier molecular flexibility index (Phi) is 4.11. The van der Waals surface area contributed by atoms with Gasteiger partial charge >= 0.3 is 0 Å². The molecule has 0 aliphatic carbocycles. The molecule has 3 N–H and O–H groups in total. The minimum absolute atomic E-state index is 0.544. The van der Waals surface area contributed by atoms with Crippen molar-refractivity contribution in [2.45, 2.75) is 19.8 Å². The summed E-state index contributed by atoms with van der Waals surface area (Å²) >= 11 is 6.08. The Balaban J connectivity index is 1.93. The number of benzene rings is 1. The van der Waals surface area contributed by atoms with Crippen LogP contribution in [0.15, 0.2) is 42.7 Å². The Labute approximate surface area is 134 Å². The number of nitrogen functional groups attached to an aromatic ring is 1. The van der Waals surface area contributed by atoms with Gasteiger partial charge in [0.2, 0.25) is 0 Å². The van der Waals surface area contributed by atoms with Crippen LogP contribution in [0.2, 0.25) is 5.02 Å². The smallest absolute Gasteiger partial charge is 0.137 e. The SMILES string of the molecule is CCCc1cc(-c2ncc(-c3ccc(N)c(Cl)c3)[nH]2)ccn1. The van der Waals surface area contributed by atoms with Crippen molar-refractivity contribution in [1.82, 2.24) is 15.0 Å². The van der Waals surface area contributed by atoms with Crippen LogP contribution in [0.4, 0.5) is 5.69 Å². The van der Waals surface area contributed by atoms with Gasteiger partial charge in [-0.15, -0.1) is 0 Å². The van der Waals surface area contributed by atoms with Crippen molar-refractivity contribution >= 4 is 17.3 Å². The number of pyridine rings is 1. The fraction of sp³-hybridized carbons (Fsp3) is 0.176. The van der Waals surface area contributed by atoms with Crippen LogP contribution in [0, 0.1) is 0 Å². The Hall–Kier alpha value is -2.33. The van der Waals surface area contributed by atoms with E-state index in [1.807, 2.05) is 24.4 Å². The maximum absolute atomic E-state index is 6.08. The highest BCUT2D eigenvalue weighted by Crippen LogP contribution is 2.27. The molecule has 4 nitrogen and oxygen atoms in total. The van der Waals surface area contributed by atoms with Gasteiger partial charge in [-0.1, -0.05) is 31.0 Å². The molecule has 0 spiro atoms. The normalized spacial score (nSPS) is 10.8. The number of rotatable bonds is 4. The van der Waals surface area contributed by atoms with Crippen molar-refractivity contribution in [3.63, 3.8) is 0 Å². The van der Waals surface area contributed by atoms with Crippen LogP contribution in [0.3, 0.4) is 0 Å². The molecule has 0 radical (unpaired) electrons. The number of aromatic amines is 1. The Morgan fingerprint density at radius 2 is 2.00 bits per heavy atom. The van der Waals surface area contributed by atoms with Crippen LogP contribution in [0.1, 0.15) is 19.0 Å². The average molecular weight is 313 g/mol. The molecule has 0 atom stereocenters. The molecular formula is C17H17ClN4. The number of imidazole rings is 1. The van der Waals surface area contributed by atoms with Gasteiger partial charge in [-0.3, -0.25) is 4.98 Å². The minimum Gasteiger partial charge on any atom is -0.398 e. The van der Waals surface area contributed by atoms with Gasteiger partial charge in [-0.25, -0.2) is 4.98 Å². The molecule has 0 fully saturated rings. The molecule has 2 aromatic heterocycles. The molecule has 112 valence electrons. The fourth-order valence-corrected chi connectivity index (χ4v) is 2.51. The summed E-state index contributed by atoms with van der Waals surface area (Å²) in [7, 11) is 0. The van der Waals surface area contributed by atoms with E-state index in [1.54, 1.807) is 12.3 Å². The highest BCUT2D eigenvalue weighted by molar-refractivity contribution is 6.33. The lowest BCUT2D eigenvalue weighted by Crippen LogP contribution is -1.90. The number of nitrogens with two attached hydrogens (primary N) is 1. The van der Waals surface area contributed by atoms with E-state index in [0.717, 1.165) is 41.2 Å². The molecule has 0 amide bonds. The van der Waals surface area contributed by atoms with Gasteiger partial charge in [0.1, 0.15) is 5.82 Å². The highest BCUT2D eigenvalue weighted by Gasteiger charge is 2.08. The zero-order valence-electron chi connectivity index (χ0n) is 12.3. The third-order valence-electron chi connectivity index (χ3n) is 3.48. The second-order valence-electron chi connectivity index (χ2n) is 5.17. The third kappa shape index (κ3) is 2.97. The van der Waals surface area contributed by atoms with Crippen molar-refractivity contribution < 1.29 is 0 Å². The fourth-order valence-electron chi connectivity index (χ4n) is 2.33. The topological polar surface area (TPSA) is 67.6 Å². The maximum atomic E-state index is 6.08. The molecule has 0 saturated heterocycles. The van der Waals surface area contributed by atoms with E-state index >= 15 is 0 Å². The van der Waals surface area contributed by atoms with Crippen LogP contribution >= 0.6 is 11.6 Å². The summed E-state index contributed by atoms with van der Waals surface area (Å²) in [5.41, 5.74) is 10.3. The number of halogens is 1. The molecule has 0 bridgehead atoms. The van der Waals surface area contributed by atoms with Crippen LogP contribution < -0.4 is 5.73 Å². The number of hydrogen-bond acceptors (Lipinski definition) is 3. The lowest BCUT2D eigenvalue weighted by Gasteiger charge is -2.02. The molecule has 5 heteroatoms. The van der Waals surface area contributed by atoms with Crippen LogP contribution in [-0.4, -0.2) is 15.0 Å². The number of aromatic nitrogens is 3. The first kappa shape index (κ1) is 14.6. The van der Waals surface area contributed by atoms with Gasteiger partial charge in [0, 0.05) is 23.0 Å². The lowest BCUT2D eigenvalue weighted by molar-refractivity contribution is 0.883. The largest absolute Gasteiger partial charge is 0.398 e. The first-order chi connectivity index (χ1) is 10.7. The molecular weight excluding hydrogens is 296 g/mol. The standard InChI is InChI=1S/C17H17ClN4/c1-2-3-13-8-12(6-7-20-13)17-21-10-16(22-17)11-4-5-15(19)14(18)9-11/h4-10H,2-3,19H2,1H3,(H,21,22). The van der Waals surface area contributed by atoms with Crippen molar-refractivity contribution in [3.8, 4) is 22.6 Å². The van der Waals surface area contributed by atoms with Gasteiger partial charge in [-0.2, -0.15) is 0 Å². The van der Waals surface area contributed by atoms with E-state index in [-0.39, 0.29) is 0 Å². The predicted octanol–water partition coefficient (Wildman–Crippen LogP) is 4.33. The molecule has 0 saturated carbocycles. The monoisotopic (exact) mass is 312 g/mol. The zero-order valence-corrected chi connectivity index (χ0v) is 13.1. The quantitative estimate of drug-likeness (QED) is 0.705. The zero-order chi connectivity index (χ0) is 15.5. The van der Waals surface area contributed by atoms with Gasteiger partial charge in [0.15, 0.2) is 0 Å². The Morgan fingerprint density at radius 3 is 2.77 bits per heavy atom. The first-order valence-electron chi connectivity index (χ1n) is 7.23. The Morgan fingerprint density at radius 1 is 1.14 bits per heavy atom. The molecule has 22 heavy (non-hydrogen) atoms. The molecule has 0 aliphatic heterocycles. The average Bonchev–Trinajstić information content (AvgIpc) is 3.01. The van der Waals surface area contributed by atoms with E-state index in [4.69, 9.17) is 17.3 Å². The molecule has 0 unspecified atom stereocenters. The lowest BCUT2D eigenvalue weighted by atomic mass is 10.1. The summed E-state index contributed by atoms with van der Waals surface area (Å²) in [5, 5.41) is 0.544. The number of H-pyrrole nitrogens is 1. The summed E-state index contributed by atoms with van der Waals surface area (Å²) < 4.78 is 0. The Bertz CT molecular complexity index is 795. The molecule has 0 aliphatic rings. The van der Waals surface area contributed by atoms with Gasteiger partial charge in [0.25, 0.3) is 0 Å². The number of hydrogen-bond donors (Lipinski definition) is 2. The van der Waals surface area contributed by atoms with E-state index in [9.17, 15) is 0 Å². The second-order valence-corrected chi connectivity index (χ2v) is 5.57. The number of nitrogens with one attached hydrogen (secondary N) is 1. The van der Waals surface area contributed by atoms with Crippen molar-refractivity contribution in [1.29, 1.82) is 0 Å². The van der Waals surface area contributed by atoms with Crippen LogP contribution in [-0.2, 0) is 6.42 Å². The van der Waals surface area contributed by atoms with Crippen LogP contribution in [0.5, 0.6) is 0 Å². The maximum Gasteiger partial charge on any atom is 0.137 e. The van der Waals surface area contributed by atoms with Crippen molar-refractivity contribution in [2.75, 3.05) is 5.73 Å². The summed E-state index contributed by atoms with van der Waals surface area (Å²) in [4.78, 5) is 12.1. The predicted molar refractivity (Wildman–Crippen MR) is 90.7 cm³/mol. The van der Waals surface area contributed by atoms with E-state index in [2.05, 4.69) is 27.9 Å². The molecule has 1 aromatic carbocycles. The van der Waals surface area contributed by atoms with Crippen LogP contribution in [0.25, 0.3) is 22.6 Å². The molecule has 3 aromatic rings. The summed E-state index contributed by atoms with van der Waals surface area (Å²) in [6, 6.07) is 9.58. The summed E-state index contributed by atoms with van der Waals surface area (Å²) in [6.45, 7) is 2.14. The first-order valence-corrected chi connectivity index (χ1v) is 7.61. The second kappa shape index (κ2) is 6.20. The molecule has 3 rings (SSSR count). The number of nitrogens with zero attached hydrogens (tertiary/aromatic N) is 2.